The number of hydrogen-bond acceptors (Lipinski definition) is 4. The number of allylic oxidation sites excluding steroid dienone is 1. The van der Waals surface area contributed by atoms with Gasteiger partial charge in [-0.1, -0.05) is 42.2 Å². The van der Waals surface area contributed by atoms with Gasteiger partial charge in [-0.3, -0.25) is 4.79 Å². The highest BCUT2D eigenvalue weighted by Gasteiger charge is 2.00. The van der Waals surface area contributed by atoms with E-state index in [1.807, 2.05) is 19.1 Å². The van der Waals surface area contributed by atoms with Gasteiger partial charge in [-0.2, -0.15) is 0 Å². The van der Waals surface area contributed by atoms with Gasteiger partial charge in [-0.25, -0.2) is 0 Å². The minimum Gasteiger partial charge on any atom is -0.461 e. The summed E-state index contributed by atoms with van der Waals surface area (Å²) in [5.41, 5.74) is 0. The molecule has 0 aliphatic rings. The van der Waals surface area contributed by atoms with E-state index in [0.29, 0.717) is 13.0 Å². The number of unbranched alkanes of at least 4 members (excludes halogenated alkanes) is 4. The third-order valence-corrected chi connectivity index (χ3v) is 3.21. The van der Waals surface area contributed by atoms with Crippen LogP contribution in [0.2, 0.25) is 0 Å². The molecule has 0 rings (SSSR count). The maximum atomic E-state index is 11.2. The number of rotatable bonds is 10. The maximum Gasteiger partial charge on any atom is 0.306 e. The highest BCUT2D eigenvalue weighted by molar-refractivity contribution is 8.68. The number of carbonyl (C=O) groups is 1. The highest BCUT2D eigenvalue weighted by atomic mass is 33.1. The van der Waals surface area contributed by atoms with E-state index in [1.54, 1.807) is 10.8 Å². The summed E-state index contributed by atoms with van der Waals surface area (Å²) in [6.07, 6.45) is 10.0. The van der Waals surface area contributed by atoms with E-state index in [9.17, 15) is 4.79 Å². The normalized spacial score (nSPS) is 10.9. The maximum absolute atomic E-state index is 11.2. The van der Waals surface area contributed by atoms with Gasteiger partial charge in [-0.05, 0) is 19.8 Å². The second-order valence-corrected chi connectivity index (χ2v) is 5.04. The average Bonchev–Trinajstić information content (AvgIpc) is 2.28. The zero-order valence-corrected chi connectivity index (χ0v) is 11.7. The molecular weight excluding hydrogens is 240 g/mol. The van der Waals surface area contributed by atoms with Crippen LogP contribution in [-0.2, 0) is 9.53 Å². The molecule has 2 nitrogen and oxygen atoms in total. The number of esters is 1. The van der Waals surface area contributed by atoms with Crippen LogP contribution in [0.3, 0.4) is 0 Å². The zero-order chi connectivity index (χ0) is 12.1. The largest absolute Gasteiger partial charge is 0.461 e. The fourth-order valence-electron chi connectivity index (χ4n) is 1.28. The molecule has 0 N–H and O–H groups in total. The summed E-state index contributed by atoms with van der Waals surface area (Å²) in [5.74, 6) is 1.04. The van der Waals surface area contributed by atoms with Gasteiger partial charge in [0.2, 0.25) is 0 Å². The first-order chi connectivity index (χ1) is 7.81. The molecular formula is C12H22O2S2. The Morgan fingerprint density at radius 2 is 1.94 bits per heavy atom. The van der Waals surface area contributed by atoms with Crippen molar-refractivity contribution in [1.29, 1.82) is 0 Å². The third-order valence-electron chi connectivity index (χ3n) is 2.19. The molecule has 0 fully saturated rings. The van der Waals surface area contributed by atoms with Gasteiger partial charge in [0.1, 0.15) is 6.61 Å². The fraction of sp³-hybridized carbons (Fsp3) is 0.750. The summed E-state index contributed by atoms with van der Waals surface area (Å²) in [5, 5.41) is 0. The van der Waals surface area contributed by atoms with Crippen LogP contribution < -0.4 is 0 Å². The van der Waals surface area contributed by atoms with Crippen LogP contribution in [0.5, 0.6) is 0 Å². The van der Waals surface area contributed by atoms with E-state index in [0.717, 1.165) is 18.6 Å². The van der Waals surface area contributed by atoms with E-state index in [4.69, 9.17) is 4.74 Å². The summed E-state index contributed by atoms with van der Waals surface area (Å²) >= 11 is 4.08. The smallest absolute Gasteiger partial charge is 0.306 e. The molecule has 0 saturated heterocycles. The van der Waals surface area contributed by atoms with Gasteiger partial charge in [0, 0.05) is 12.2 Å². The summed E-state index contributed by atoms with van der Waals surface area (Å²) < 4.78 is 4.99. The van der Waals surface area contributed by atoms with Gasteiger partial charge < -0.3 is 4.74 Å². The lowest BCUT2D eigenvalue weighted by molar-refractivity contribution is -0.142. The third kappa shape index (κ3) is 12.0. The first-order valence-corrected chi connectivity index (χ1v) is 7.88. The lowest BCUT2D eigenvalue weighted by Crippen LogP contribution is -2.03. The van der Waals surface area contributed by atoms with Crippen molar-refractivity contribution in [2.24, 2.45) is 0 Å². The van der Waals surface area contributed by atoms with Crippen molar-refractivity contribution in [3.05, 3.63) is 12.2 Å². The van der Waals surface area contributed by atoms with Gasteiger partial charge in [0.25, 0.3) is 0 Å². The van der Waals surface area contributed by atoms with Crippen LogP contribution >= 0.6 is 22.5 Å². The van der Waals surface area contributed by atoms with E-state index < -0.39 is 0 Å². The molecule has 0 saturated carbocycles. The van der Waals surface area contributed by atoms with Gasteiger partial charge in [0.15, 0.2) is 0 Å². The molecule has 0 unspecified atom stereocenters. The zero-order valence-electron chi connectivity index (χ0n) is 9.98. The van der Waals surface area contributed by atoms with Crippen LogP contribution in [-0.4, -0.2) is 18.3 Å². The quantitative estimate of drug-likeness (QED) is 0.212. The second-order valence-electron chi connectivity index (χ2n) is 3.60. The molecule has 0 atom stereocenters. The van der Waals surface area contributed by atoms with E-state index >= 15 is 0 Å². The Balaban J connectivity index is 3.15. The Hall–Kier alpha value is -0.0900. The molecule has 0 aromatic heterocycles. The molecule has 0 heterocycles. The van der Waals surface area contributed by atoms with E-state index in [2.05, 4.69) is 11.7 Å². The van der Waals surface area contributed by atoms with Crippen molar-refractivity contribution in [2.75, 3.05) is 12.4 Å². The lowest BCUT2D eigenvalue weighted by Gasteiger charge is -2.02. The molecule has 0 aliphatic heterocycles. The second kappa shape index (κ2) is 13.0. The lowest BCUT2D eigenvalue weighted by atomic mass is 10.1. The molecule has 0 aliphatic carbocycles. The predicted molar refractivity (Wildman–Crippen MR) is 74.9 cm³/mol. The van der Waals surface area contributed by atoms with E-state index in [-0.39, 0.29) is 5.97 Å². The topological polar surface area (TPSA) is 26.3 Å². The average molecular weight is 262 g/mol. The Labute approximate surface area is 108 Å². The molecule has 0 amide bonds. The molecule has 0 aromatic rings. The number of hydrogen-bond donors (Lipinski definition) is 1. The standard InChI is InChI=1S/C12H22O2S2/c1-2-3-10-14-12(13)9-7-5-4-6-8-11-16-15/h2-3,15H,4-11H2,1H3/b3-2+. The SMILES string of the molecule is C/C=C/COC(=O)CCCCCCCSS. The van der Waals surface area contributed by atoms with Crippen LogP contribution in [0.25, 0.3) is 0 Å². The monoisotopic (exact) mass is 262 g/mol. The Morgan fingerprint density at radius 1 is 1.25 bits per heavy atom. The van der Waals surface area contributed by atoms with Gasteiger partial charge in [0.05, 0.1) is 0 Å². The molecule has 0 spiro atoms. The van der Waals surface area contributed by atoms with Gasteiger partial charge >= 0.3 is 5.97 Å². The molecule has 0 radical (unpaired) electrons. The summed E-state index contributed by atoms with van der Waals surface area (Å²) in [6, 6.07) is 0. The van der Waals surface area contributed by atoms with Crippen molar-refractivity contribution >= 4 is 28.4 Å². The molecule has 0 aromatic carbocycles. The summed E-state index contributed by atoms with van der Waals surface area (Å²) in [7, 11) is 1.60. The van der Waals surface area contributed by atoms with Crippen molar-refractivity contribution in [3.8, 4) is 0 Å². The number of carbonyl (C=O) groups excluding carboxylic acids is 1. The minimum atomic E-state index is -0.0796. The van der Waals surface area contributed by atoms with Crippen molar-refractivity contribution in [3.63, 3.8) is 0 Å². The number of thiol groups is 1. The van der Waals surface area contributed by atoms with E-state index in [1.165, 1.54) is 19.3 Å². The first kappa shape index (κ1) is 15.9. The van der Waals surface area contributed by atoms with Crippen LogP contribution in [0, 0.1) is 0 Å². The molecule has 0 bridgehead atoms. The summed E-state index contributed by atoms with van der Waals surface area (Å²) in [4.78, 5) is 11.2. The Bertz CT molecular complexity index is 193. The Kier molecular flexibility index (Phi) is 12.9. The van der Waals surface area contributed by atoms with Crippen LogP contribution in [0.1, 0.15) is 45.4 Å². The molecule has 94 valence electrons. The van der Waals surface area contributed by atoms with Crippen LogP contribution in [0.15, 0.2) is 12.2 Å². The minimum absolute atomic E-state index is 0.0796. The van der Waals surface area contributed by atoms with Crippen molar-refractivity contribution in [2.45, 2.75) is 45.4 Å². The highest BCUT2D eigenvalue weighted by Crippen LogP contribution is 2.11. The van der Waals surface area contributed by atoms with Crippen LogP contribution in [0.4, 0.5) is 0 Å². The summed E-state index contributed by atoms with van der Waals surface area (Å²) in [6.45, 7) is 2.32. The van der Waals surface area contributed by atoms with Gasteiger partial charge in [-0.15, -0.1) is 11.7 Å². The Morgan fingerprint density at radius 3 is 2.62 bits per heavy atom. The molecule has 16 heavy (non-hydrogen) atoms. The number of ether oxygens (including phenoxy) is 1. The van der Waals surface area contributed by atoms with Crippen molar-refractivity contribution in [1.82, 2.24) is 0 Å². The molecule has 4 heteroatoms. The first-order valence-electron chi connectivity index (χ1n) is 5.84. The van der Waals surface area contributed by atoms with Crippen molar-refractivity contribution < 1.29 is 9.53 Å². The predicted octanol–water partition coefficient (Wildman–Crippen LogP) is 4.02. The fourth-order valence-corrected chi connectivity index (χ4v) is 2.00.